The summed E-state index contributed by atoms with van der Waals surface area (Å²) in [7, 11) is 0. The summed E-state index contributed by atoms with van der Waals surface area (Å²) in [6.07, 6.45) is 12.1. The third kappa shape index (κ3) is 4.48. The highest BCUT2D eigenvalue weighted by molar-refractivity contribution is 5.89. The van der Waals surface area contributed by atoms with Crippen LogP contribution in [0, 0.1) is 23.4 Å². The number of aryl methyl sites for hydroxylation is 1. The minimum atomic E-state index is -1.11. The minimum Gasteiger partial charge on any atom is -0.206 e. The van der Waals surface area contributed by atoms with Crippen molar-refractivity contribution in [3.63, 3.8) is 0 Å². The Kier molecular flexibility index (Phi) is 7.03. The van der Waals surface area contributed by atoms with E-state index in [9.17, 15) is 13.2 Å². The highest BCUT2D eigenvalue weighted by Crippen LogP contribution is 2.39. The molecule has 168 valence electrons. The molecule has 1 aliphatic carbocycles. The van der Waals surface area contributed by atoms with Crippen molar-refractivity contribution >= 4 is 10.8 Å². The molecule has 1 fully saturated rings. The van der Waals surface area contributed by atoms with Crippen LogP contribution in [0.3, 0.4) is 0 Å². The molecule has 0 unspecified atom stereocenters. The van der Waals surface area contributed by atoms with Gasteiger partial charge in [0.1, 0.15) is 5.82 Å². The molecule has 0 aliphatic heterocycles. The van der Waals surface area contributed by atoms with Crippen LogP contribution in [0.25, 0.3) is 21.9 Å². The van der Waals surface area contributed by atoms with Crippen molar-refractivity contribution in [3.8, 4) is 11.1 Å². The first-order chi connectivity index (χ1) is 15.5. The summed E-state index contributed by atoms with van der Waals surface area (Å²) in [4.78, 5) is 0. The Balaban J connectivity index is 1.54. The van der Waals surface area contributed by atoms with E-state index in [1.165, 1.54) is 37.7 Å². The Morgan fingerprint density at radius 2 is 1.59 bits per heavy atom. The first-order valence-corrected chi connectivity index (χ1v) is 11.8. The Morgan fingerprint density at radius 3 is 2.25 bits per heavy atom. The summed E-state index contributed by atoms with van der Waals surface area (Å²) >= 11 is 0. The lowest BCUT2D eigenvalue weighted by Gasteiger charge is -2.28. The lowest BCUT2D eigenvalue weighted by atomic mass is 9.77. The molecule has 3 heteroatoms. The molecule has 0 aromatic heterocycles. The second kappa shape index (κ2) is 9.94. The molecule has 1 saturated carbocycles. The molecule has 4 rings (SSSR count). The molecule has 0 amide bonds. The predicted octanol–water partition coefficient (Wildman–Crippen LogP) is 9.12. The number of hydrogen-bond donors (Lipinski definition) is 0. The average Bonchev–Trinajstić information content (AvgIpc) is 2.82. The normalized spacial score (nSPS) is 19.2. The molecule has 3 aromatic rings. The molecule has 1 aliphatic rings. The van der Waals surface area contributed by atoms with Crippen molar-refractivity contribution in [2.75, 3.05) is 0 Å². The summed E-state index contributed by atoms with van der Waals surface area (Å²) in [6.45, 7) is 3.86. The van der Waals surface area contributed by atoms with Gasteiger partial charge in [-0.3, -0.25) is 0 Å². The Morgan fingerprint density at radius 1 is 0.875 bits per heavy atom. The lowest BCUT2D eigenvalue weighted by molar-refractivity contribution is 0.312. The number of fused-ring (bicyclic) bond motifs is 1. The third-order valence-corrected chi connectivity index (χ3v) is 7.10. The molecule has 3 aromatic carbocycles. The topological polar surface area (TPSA) is 0 Å². The first kappa shape index (κ1) is 22.6. The third-order valence-electron chi connectivity index (χ3n) is 7.10. The van der Waals surface area contributed by atoms with Gasteiger partial charge in [-0.1, -0.05) is 55.5 Å². The zero-order chi connectivity index (χ0) is 22.7. The number of hydrogen-bond acceptors (Lipinski definition) is 0. The average molecular weight is 437 g/mol. The van der Waals surface area contributed by atoms with Gasteiger partial charge >= 0.3 is 0 Å². The van der Waals surface area contributed by atoms with Crippen LogP contribution in [0.1, 0.15) is 69.4 Å². The predicted molar refractivity (Wildman–Crippen MR) is 127 cm³/mol. The van der Waals surface area contributed by atoms with Crippen LogP contribution in [0.2, 0.25) is 0 Å². The molecule has 0 N–H and O–H groups in total. The van der Waals surface area contributed by atoms with Crippen LogP contribution >= 0.6 is 0 Å². The van der Waals surface area contributed by atoms with E-state index in [1.54, 1.807) is 25.1 Å². The summed E-state index contributed by atoms with van der Waals surface area (Å²) in [5.74, 6) is -1.42. The molecular formula is C29H31F3. The maximum atomic E-state index is 14.9. The van der Waals surface area contributed by atoms with Crippen LogP contribution < -0.4 is 0 Å². The fraction of sp³-hybridized carbons (Fsp3) is 0.379. The zero-order valence-electron chi connectivity index (χ0n) is 18.9. The Bertz CT molecular complexity index is 1100. The quantitative estimate of drug-likeness (QED) is 0.338. The summed E-state index contributed by atoms with van der Waals surface area (Å²) < 4.78 is 44.3. The van der Waals surface area contributed by atoms with Gasteiger partial charge in [-0.25, -0.2) is 13.2 Å². The number of halogens is 3. The van der Waals surface area contributed by atoms with Crippen molar-refractivity contribution < 1.29 is 13.2 Å². The largest absolute Gasteiger partial charge is 0.206 e. The molecule has 0 nitrogen and oxygen atoms in total. The van der Waals surface area contributed by atoms with Crippen LogP contribution in [0.4, 0.5) is 13.2 Å². The standard InChI is InChI=1S/C29H31F3/c1-3-5-6-7-19-8-10-21(11-9-19)22-13-15-23(16-14-22)25-18-24-17-12-20(4-2)27(30)26(24)29(32)28(25)31/h3,5,12-19,21H,4,6-11H2,1-2H3/b5-3+. The second-order valence-corrected chi connectivity index (χ2v) is 9.03. The fourth-order valence-electron chi connectivity index (χ4n) is 5.13. The SMILES string of the molecule is C/C=C/CCC1CCC(c2ccc(-c3cc4ccc(CC)c(F)c4c(F)c3F)cc2)CC1. The Labute approximate surface area is 189 Å². The van der Waals surface area contributed by atoms with Gasteiger partial charge in [0.2, 0.25) is 0 Å². The van der Waals surface area contributed by atoms with Gasteiger partial charge < -0.3 is 0 Å². The van der Waals surface area contributed by atoms with Gasteiger partial charge in [0.15, 0.2) is 11.6 Å². The highest BCUT2D eigenvalue weighted by Gasteiger charge is 2.23. The van der Waals surface area contributed by atoms with Crippen LogP contribution in [0.15, 0.2) is 54.6 Å². The smallest absolute Gasteiger partial charge is 0.170 e. The van der Waals surface area contributed by atoms with Crippen molar-refractivity contribution in [2.24, 2.45) is 5.92 Å². The van der Waals surface area contributed by atoms with E-state index in [4.69, 9.17) is 0 Å². The zero-order valence-corrected chi connectivity index (χ0v) is 18.9. The fourth-order valence-corrected chi connectivity index (χ4v) is 5.13. The second-order valence-electron chi connectivity index (χ2n) is 9.03. The van der Waals surface area contributed by atoms with Gasteiger partial charge in [-0.15, -0.1) is 0 Å². The monoisotopic (exact) mass is 436 g/mol. The van der Waals surface area contributed by atoms with Crippen molar-refractivity contribution in [1.82, 2.24) is 0 Å². The molecule has 0 bridgehead atoms. The van der Waals surface area contributed by atoms with Gasteiger partial charge in [0.25, 0.3) is 0 Å². The van der Waals surface area contributed by atoms with E-state index < -0.39 is 17.5 Å². The van der Waals surface area contributed by atoms with E-state index in [0.29, 0.717) is 28.9 Å². The van der Waals surface area contributed by atoms with Crippen molar-refractivity contribution in [2.45, 2.75) is 64.7 Å². The van der Waals surface area contributed by atoms with E-state index in [-0.39, 0.29) is 10.9 Å². The Hall–Kier alpha value is -2.55. The maximum absolute atomic E-state index is 14.9. The lowest BCUT2D eigenvalue weighted by Crippen LogP contribution is -2.13. The van der Waals surface area contributed by atoms with Crippen LogP contribution in [-0.4, -0.2) is 0 Å². The van der Waals surface area contributed by atoms with E-state index >= 15 is 0 Å². The highest BCUT2D eigenvalue weighted by atomic mass is 19.2. The molecule has 0 spiro atoms. The maximum Gasteiger partial charge on any atom is 0.170 e. The molecule has 0 radical (unpaired) electrons. The summed E-state index contributed by atoms with van der Waals surface area (Å²) in [6, 6.07) is 12.7. The first-order valence-electron chi connectivity index (χ1n) is 11.8. The summed E-state index contributed by atoms with van der Waals surface area (Å²) in [5.41, 5.74) is 2.45. The summed E-state index contributed by atoms with van der Waals surface area (Å²) in [5, 5.41) is 0.127. The van der Waals surface area contributed by atoms with Crippen LogP contribution in [0.5, 0.6) is 0 Å². The van der Waals surface area contributed by atoms with Crippen molar-refractivity contribution in [1.29, 1.82) is 0 Å². The van der Waals surface area contributed by atoms with Gasteiger partial charge in [0.05, 0.1) is 5.39 Å². The van der Waals surface area contributed by atoms with Gasteiger partial charge in [0, 0.05) is 5.56 Å². The van der Waals surface area contributed by atoms with E-state index in [1.807, 2.05) is 24.3 Å². The van der Waals surface area contributed by atoms with Crippen molar-refractivity contribution in [3.05, 3.63) is 83.2 Å². The number of rotatable bonds is 6. The molecule has 0 heterocycles. The number of allylic oxidation sites excluding steroid dienone is 2. The molecule has 32 heavy (non-hydrogen) atoms. The van der Waals surface area contributed by atoms with E-state index in [2.05, 4.69) is 19.1 Å². The van der Waals surface area contributed by atoms with E-state index in [0.717, 1.165) is 12.3 Å². The molecular weight excluding hydrogens is 405 g/mol. The molecule has 0 atom stereocenters. The van der Waals surface area contributed by atoms with Gasteiger partial charge in [-0.2, -0.15) is 0 Å². The van der Waals surface area contributed by atoms with Gasteiger partial charge in [-0.05, 0) is 91.8 Å². The number of benzene rings is 3. The van der Waals surface area contributed by atoms with Crippen LogP contribution in [-0.2, 0) is 6.42 Å². The molecule has 0 saturated heterocycles. The minimum absolute atomic E-state index is 0.179.